The van der Waals surface area contributed by atoms with Gasteiger partial charge >= 0.3 is 0 Å². The van der Waals surface area contributed by atoms with Crippen molar-refractivity contribution >= 4 is 34.2 Å². The minimum absolute atomic E-state index is 0.325. The monoisotopic (exact) mass is 385 g/mol. The Morgan fingerprint density at radius 2 is 1.95 bits per heavy atom. The molecular formula is C15H13FINO2. The van der Waals surface area contributed by atoms with Crippen molar-refractivity contribution in [1.82, 2.24) is 0 Å². The number of ether oxygens (including phenoxy) is 1. The lowest BCUT2D eigenvalue weighted by molar-refractivity contribution is -0.122. The number of halogens is 2. The summed E-state index contributed by atoms with van der Waals surface area (Å²) in [6.07, 6.45) is -0.668. The lowest BCUT2D eigenvalue weighted by Gasteiger charge is -2.14. The first-order valence-corrected chi connectivity index (χ1v) is 7.11. The van der Waals surface area contributed by atoms with Gasteiger partial charge in [-0.05, 0) is 72.0 Å². The van der Waals surface area contributed by atoms with Gasteiger partial charge in [0.25, 0.3) is 5.91 Å². The molecule has 0 aromatic heterocycles. The van der Waals surface area contributed by atoms with Gasteiger partial charge in [0.2, 0.25) is 0 Å². The highest BCUT2D eigenvalue weighted by Gasteiger charge is 2.15. The van der Waals surface area contributed by atoms with Gasteiger partial charge in [-0.3, -0.25) is 4.79 Å². The van der Waals surface area contributed by atoms with Gasteiger partial charge in [0, 0.05) is 9.26 Å². The normalized spacial score (nSPS) is 11.8. The van der Waals surface area contributed by atoms with E-state index in [1.165, 1.54) is 18.2 Å². The first-order chi connectivity index (χ1) is 9.54. The summed E-state index contributed by atoms with van der Waals surface area (Å²) in [4.78, 5) is 11.9. The van der Waals surface area contributed by atoms with E-state index in [1.807, 2.05) is 12.1 Å². The van der Waals surface area contributed by atoms with Crippen LogP contribution < -0.4 is 10.1 Å². The number of carbonyl (C=O) groups excluding carboxylic acids is 1. The van der Waals surface area contributed by atoms with Crippen molar-refractivity contribution < 1.29 is 13.9 Å². The standard InChI is InChI=1S/C15H13FINO2/c1-10(20-14-7-5-12(17)6-8-14)15(19)18-13-4-2-3-11(16)9-13/h2-10H,1H3,(H,18,19)/t10-/m0/s1. The molecule has 0 bridgehead atoms. The van der Waals surface area contributed by atoms with Crippen LogP contribution in [0.4, 0.5) is 10.1 Å². The second kappa shape index (κ2) is 6.69. The first kappa shape index (κ1) is 14.8. The Morgan fingerprint density at radius 1 is 1.25 bits per heavy atom. The van der Waals surface area contributed by atoms with Crippen LogP contribution in [0.2, 0.25) is 0 Å². The SMILES string of the molecule is C[C@H](Oc1ccc(I)cc1)C(=O)Nc1cccc(F)c1. The summed E-state index contributed by atoms with van der Waals surface area (Å²) >= 11 is 2.19. The van der Waals surface area contributed by atoms with Crippen LogP contribution in [0.5, 0.6) is 5.75 Å². The van der Waals surface area contributed by atoms with Crippen molar-refractivity contribution in [2.24, 2.45) is 0 Å². The van der Waals surface area contributed by atoms with Crippen LogP contribution in [0.3, 0.4) is 0 Å². The molecule has 5 heteroatoms. The molecule has 0 aliphatic rings. The summed E-state index contributed by atoms with van der Waals surface area (Å²) in [7, 11) is 0. The number of hydrogen-bond donors (Lipinski definition) is 1. The number of benzene rings is 2. The molecule has 1 amide bonds. The van der Waals surface area contributed by atoms with Gasteiger partial charge in [-0.1, -0.05) is 6.07 Å². The van der Waals surface area contributed by atoms with E-state index in [0.717, 1.165) is 3.57 Å². The maximum absolute atomic E-state index is 13.0. The molecule has 104 valence electrons. The Bertz CT molecular complexity index is 601. The van der Waals surface area contributed by atoms with Crippen LogP contribution in [0.15, 0.2) is 48.5 Å². The van der Waals surface area contributed by atoms with E-state index in [4.69, 9.17) is 4.74 Å². The van der Waals surface area contributed by atoms with Crippen LogP contribution in [0, 0.1) is 9.39 Å². The van der Waals surface area contributed by atoms with Gasteiger partial charge in [-0.25, -0.2) is 4.39 Å². The molecule has 0 heterocycles. The van der Waals surface area contributed by atoms with Crippen molar-refractivity contribution in [3.05, 3.63) is 57.9 Å². The predicted molar refractivity (Wildman–Crippen MR) is 84.3 cm³/mol. The molecule has 0 fully saturated rings. The van der Waals surface area contributed by atoms with Crippen molar-refractivity contribution in [1.29, 1.82) is 0 Å². The molecule has 20 heavy (non-hydrogen) atoms. The molecule has 0 saturated heterocycles. The van der Waals surface area contributed by atoms with E-state index in [0.29, 0.717) is 11.4 Å². The predicted octanol–water partition coefficient (Wildman–Crippen LogP) is 3.84. The lowest BCUT2D eigenvalue weighted by atomic mass is 10.3. The molecule has 0 unspecified atom stereocenters. The third-order valence-corrected chi connectivity index (χ3v) is 3.31. The molecule has 1 atom stereocenters. The highest BCUT2D eigenvalue weighted by atomic mass is 127. The summed E-state index contributed by atoms with van der Waals surface area (Å²) in [5.74, 6) is -0.101. The van der Waals surface area contributed by atoms with Gasteiger partial charge in [0.1, 0.15) is 11.6 Å². The number of anilines is 1. The summed E-state index contributed by atoms with van der Waals surface area (Å²) in [5, 5.41) is 2.61. The maximum Gasteiger partial charge on any atom is 0.265 e. The second-order valence-corrected chi connectivity index (χ2v) is 5.46. The molecule has 2 aromatic rings. The molecule has 0 aliphatic carbocycles. The van der Waals surface area contributed by atoms with Crippen LogP contribution in [-0.2, 0) is 4.79 Å². The number of nitrogens with one attached hydrogen (secondary N) is 1. The zero-order chi connectivity index (χ0) is 14.5. The minimum atomic E-state index is -0.668. The fourth-order valence-electron chi connectivity index (χ4n) is 1.58. The van der Waals surface area contributed by atoms with E-state index in [1.54, 1.807) is 25.1 Å². The highest BCUT2D eigenvalue weighted by Crippen LogP contribution is 2.16. The van der Waals surface area contributed by atoms with E-state index >= 15 is 0 Å². The fourth-order valence-corrected chi connectivity index (χ4v) is 1.94. The van der Waals surface area contributed by atoms with Crippen molar-refractivity contribution in [2.75, 3.05) is 5.32 Å². The molecule has 0 aliphatic heterocycles. The maximum atomic E-state index is 13.0. The van der Waals surface area contributed by atoms with E-state index in [2.05, 4.69) is 27.9 Å². The van der Waals surface area contributed by atoms with Gasteiger partial charge < -0.3 is 10.1 Å². The molecule has 0 radical (unpaired) electrons. The Morgan fingerprint density at radius 3 is 2.60 bits per heavy atom. The zero-order valence-electron chi connectivity index (χ0n) is 10.8. The zero-order valence-corrected chi connectivity index (χ0v) is 12.9. The fraction of sp³-hybridized carbons (Fsp3) is 0.133. The van der Waals surface area contributed by atoms with Crippen molar-refractivity contribution in [2.45, 2.75) is 13.0 Å². The molecule has 1 N–H and O–H groups in total. The number of carbonyl (C=O) groups is 1. The van der Waals surface area contributed by atoms with Gasteiger partial charge in [0.05, 0.1) is 0 Å². The van der Waals surface area contributed by atoms with Crippen LogP contribution in [0.1, 0.15) is 6.92 Å². The van der Waals surface area contributed by atoms with Crippen LogP contribution in [0.25, 0.3) is 0 Å². The summed E-state index contributed by atoms with van der Waals surface area (Å²) in [5.41, 5.74) is 0.410. The van der Waals surface area contributed by atoms with Gasteiger partial charge in [-0.15, -0.1) is 0 Å². The van der Waals surface area contributed by atoms with Gasteiger partial charge in [-0.2, -0.15) is 0 Å². The summed E-state index contributed by atoms with van der Waals surface area (Å²) in [6.45, 7) is 1.65. The van der Waals surface area contributed by atoms with E-state index in [-0.39, 0.29) is 5.91 Å². The Balaban J connectivity index is 1.96. The lowest BCUT2D eigenvalue weighted by Crippen LogP contribution is -2.30. The molecular weight excluding hydrogens is 372 g/mol. The first-order valence-electron chi connectivity index (χ1n) is 6.03. The van der Waals surface area contributed by atoms with Gasteiger partial charge in [0.15, 0.2) is 6.10 Å². The highest BCUT2D eigenvalue weighted by molar-refractivity contribution is 14.1. The van der Waals surface area contributed by atoms with Crippen molar-refractivity contribution in [3.8, 4) is 5.75 Å². The van der Waals surface area contributed by atoms with Crippen LogP contribution >= 0.6 is 22.6 Å². The molecule has 0 spiro atoms. The van der Waals surface area contributed by atoms with Crippen molar-refractivity contribution in [3.63, 3.8) is 0 Å². The molecule has 2 rings (SSSR count). The third-order valence-electron chi connectivity index (χ3n) is 2.59. The smallest absolute Gasteiger partial charge is 0.265 e. The Labute approximate surface area is 130 Å². The third kappa shape index (κ3) is 4.19. The Kier molecular flexibility index (Phi) is 4.94. The second-order valence-electron chi connectivity index (χ2n) is 4.21. The summed E-state index contributed by atoms with van der Waals surface area (Å²) in [6, 6.07) is 13.1. The molecule has 3 nitrogen and oxygen atoms in total. The average molecular weight is 385 g/mol. The molecule has 0 saturated carbocycles. The minimum Gasteiger partial charge on any atom is -0.481 e. The summed E-state index contributed by atoms with van der Waals surface area (Å²) < 4.78 is 19.6. The van der Waals surface area contributed by atoms with E-state index in [9.17, 15) is 9.18 Å². The topological polar surface area (TPSA) is 38.3 Å². The molecule has 2 aromatic carbocycles. The Hall–Kier alpha value is -1.63. The average Bonchev–Trinajstić information content (AvgIpc) is 2.41. The van der Waals surface area contributed by atoms with Crippen LogP contribution in [-0.4, -0.2) is 12.0 Å². The number of hydrogen-bond acceptors (Lipinski definition) is 2. The largest absolute Gasteiger partial charge is 0.481 e. The van der Waals surface area contributed by atoms with E-state index < -0.39 is 11.9 Å². The quantitative estimate of drug-likeness (QED) is 0.813. The number of rotatable bonds is 4. The number of amides is 1.